The molecule has 2 N–H and O–H groups in total. The number of nitrogens with zero attached hydrogens (tertiary/aromatic N) is 2. The van der Waals surface area contributed by atoms with Crippen molar-refractivity contribution >= 4 is 47.0 Å². The third-order valence-corrected chi connectivity index (χ3v) is 7.94. The van der Waals surface area contributed by atoms with E-state index < -0.39 is 22.9 Å². The van der Waals surface area contributed by atoms with Gasteiger partial charge >= 0.3 is 11.9 Å². The molecule has 3 heterocycles. The quantitative estimate of drug-likeness (QED) is 0.365. The third-order valence-electron chi connectivity index (χ3n) is 7.23. The lowest BCUT2D eigenvalue weighted by atomic mass is 9.89. The van der Waals surface area contributed by atoms with Crippen molar-refractivity contribution in [3.8, 4) is 0 Å². The van der Waals surface area contributed by atoms with Gasteiger partial charge in [0.05, 0.1) is 10.8 Å². The zero-order valence-electron chi connectivity index (χ0n) is 23.2. The smallest absolute Gasteiger partial charge is 0.312 e. The summed E-state index contributed by atoms with van der Waals surface area (Å²) in [5.41, 5.74) is -1.32. The lowest BCUT2D eigenvalue weighted by Gasteiger charge is -2.46. The Morgan fingerprint density at radius 2 is 1.08 bits per heavy atom. The van der Waals surface area contributed by atoms with E-state index in [9.17, 15) is 19.2 Å². The normalized spacial score (nSPS) is 31.8. The van der Waals surface area contributed by atoms with Crippen molar-refractivity contribution in [1.29, 1.82) is 0 Å². The van der Waals surface area contributed by atoms with E-state index in [1.165, 1.54) is 0 Å². The number of amides is 2. The summed E-state index contributed by atoms with van der Waals surface area (Å²) in [7, 11) is 0. The van der Waals surface area contributed by atoms with Crippen LogP contribution in [0.15, 0.2) is 0 Å². The summed E-state index contributed by atoms with van der Waals surface area (Å²) in [6.45, 7) is 11.5. The molecule has 6 unspecified atom stereocenters. The zero-order valence-corrected chi connectivity index (χ0v) is 24.7. The first-order valence-electron chi connectivity index (χ1n) is 13.3. The molecule has 0 bridgehead atoms. The fourth-order valence-corrected chi connectivity index (χ4v) is 5.56. The molecule has 0 aromatic heterocycles. The maximum atomic E-state index is 13.4. The van der Waals surface area contributed by atoms with Gasteiger partial charge in [0, 0.05) is 35.9 Å². The predicted octanol–water partition coefficient (Wildman–Crippen LogP) is 2.21. The molecule has 2 amide bonds. The van der Waals surface area contributed by atoms with Gasteiger partial charge in [-0.05, 0) is 67.2 Å². The van der Waals surface area contributed by atoms with E-state index in [2.05, 4.69) is 10.6 Å². The van der Waals surface area contributed by atoms with E-state index in [1.807, 2.05) is 9.80 Å². The van der Waals surface area contributed by atoms with Crippen LogP contribution in [0.25, 0.3) is 0 Å². The van der Waals surface area contributed by atoms with E-state index in [-0.39, 0.29) is 60.1 Å². The minimum atomic E-state index is -0.812. The van der Waals surface area contributed by atoms with Gasteiger partial charge in [0.15, 0.2) is 0 Å². The molecule has 0 radical (unpaired) electrons. The summed E-state index contributed by atoms with van der Waals surface area (Å²) in [6, 6.07) is -2.37. The highest BCUT2D eigenvalue weighted by Gasteiger charge is 2.47. The Labute approximate surface area is 235 Å². The van der Waals surface area contributed by atoms with E-state index in [1.54, 1.807) is 41.5 Å². The Bertz CT molecular complexity index is 833. The number of hydrogen-bond donors (Lipinski definition) is 2. The number of hydrogen-bond acceptors (Lipinski definition) is 8. The fourth-order valence-electron chi connectivity index (χ4n) is 4.96. The second-order valence-electron chi connectivity index (χ2n) is 12.6. The van der Waals surface area contributed by atoms with Gasteiger partial charge in [-0.3, -0.25) is 29.0 Å². The number of piperazine rings is 1. The summed E-state index contributed by atoms with van der Waals surface area (Å²) in [6.07, 6.45) is 2.48. The first kappa shape index (κ1) is 30.9. The lowest BCUT2D eigenvalue weighted by Crippen LogP contribution is -2.72. The van der Waals surface area contributed by atoms with Crippen LogP contribution in [-0.4, -0.2) is 95.0 Å². The second-order valence-corrected chi connectivity index (χ2v) is 13.9. The van der Waals surface area contributed by atoms with Gasteiger partial charge in [0.1, 0.15) is 25.5 Å². The molecule has 3 aliphatic rings. The van der Waals surface area contributed by atoms with Crippen LogP contribution in [0.4, 0.5) is 0 Å². The van der Waals surface area contributed by atoms with Crippen LogP contribution >= 0.6 is 23.2 Å². The molecule has 0 aliphatic carbocycles. The Morgan fingerprint density at radius 3 is 1.39 bits per heavy atom. The van der Waals surface area contributed by atoms with Crippen LogP contribution in [0.2, 0.25) is 0 Å². The number of rotatable bonds is 6. The van der Waals surface area contributed by atoms with E-state index >= 15 is 0 Å². The van der Waals surface area contributed by atoms with Crippen LogP contribution in [0.3, 0.4) is 0 Å². The van der Waals surface area contributed by atoms with Crippen molar-refractivity contribution in [2.24, 2.45) is 10.8 Å². The van der Waals surface area contributed by atoms with Crippen molar-refractivity contribution in [3.05, 3.63) is 0 Å². The summed E-state index contributed by atoms with van der Waals surface area (Å²) in [4.78, 5) is 55.1. The molecule has 38 heavy (non-hydrogen) atoms. The number of esters is 2. The molecular formula is C26H42Cl2N4O6. The zero-order chi connectivity index (χ0) is 28.4. The third kappa shape index (κ3) is 7.73. The van der Waals surface area contributed by atoms with Gasteiger partial charge in [-0.2, -0.15) is 0 Å². The number of alkyl halides is 2. The summed E-state index contributed by atoms with van der Waals surface area (Å²) >= 11 is 12.8. The Morgan fingerprint density at radius 1 is 0.737 bits per heavy atom. The van der Waals surface area contributed by atoms with Gasteiger partial charge in [0.25, 0.3) is 0 Å². The molecule has 3 fully saturated rings. The topological polar surface area (TPSA) is 117 Å². The van der Waals surface area contributed by atoms with Crippen molar-refractivity contribution in [2.45, 2.75) is 102 Å². The Balaban J connectivity index is 1.69. The minimum absolute atomic E-state index is 0.0142. The van der Waals surface area contributed by atoms with Crippen molar-refractivity contribution in [3.63, 3.8) is 0 Å². The van der Waals surface area contributed by atoms with Gasteiger partial charge in [-0.1, -0.05) is 0 Å². The van der Waals surface area contributed by atoms with E-state index in [0.29, 0.717) is 38.8 Å². The molecule has 6 atom stereocenters. The Hall–Kier alpha value is -1.62. The van der Waals surface area contributed by atoms with Gasteiger partial charge in [-0.15, -0.1) is 23.2 Å². The average Bonchev–Trinajstić information content (AvgIpc) is 2.81. The highest BCUT2D eigenvalue weighted by Crippen LogP contribution is 2.28. The first-order valence-corrected chi connectivity index (χ1v) is 14.2. The Kier molecular flexibility index (Phi) is 9.98. The molecule has 3 aliphatic heterocycles. The highest BCUT2D eigenvalue weighted by atomic mass is 35.5. The fraction of sp³-hybridized carbons (Fsp3) is 0.846. The highest BCUT2D eigenvalue weighted by molar-refractivity contribution is 6.21. The van der Waals surface area contributed by atoms with Crippen molar-refractivity contribution in [1.82, 2.24) is 20.4 Å². The second kappa shape index (κ2) is 12.3. The SMILES string of the molecule is CC(C)(C)C(=O)OCN1CC(Cl)CCC1C1NC(=O)C(C2CCC(Cl)CN2COC(=O)C(C)(C)C)NC1=O. The molecular weight excluding hydrogens is 535 g/mol. The van der Waals surface area contributed by atoms with Crippen LogP contribution in [0.5, 0.6) is 0 Å². The molecule has 12 heteroatoms. The van der Waals surface area contributed by atoms with Crippen LogP contribution in [0, 0.1) is 10.8 Å². The number of carbonyl (C=O) groups excluding carboxylic acids is 4. The number of piperidine rings is 2. The number of carbonyl (C=O) groups is 4. The molecule has 0 aromatic rings. The first-order chi connectivity index (χ1) is 17.6. The average molecular weight is 578 g/mol. The monoisotopic (exact) mass is 576 g/mol. The summed E-state index contributed by atoms with van der Waals surface area (Å²) in [5.74, 6) is -1.32. The predicted molar refractivity (Wildman–Crippen MR) is 143 cm³/mol. The molecule has 0 saturated carbocycles. The number of ether oxygens (including phenoxy) is 2. The molecule has 0 spiro atoms. The minimum Gasteiger partial charge on any atom is -0.449 e. The van der Waals surface area contributed by atoms with E-state index in [4.69, 9.17) is 32.7 Å². The van der Waals surface area contributed by atoms with Crippen LogP contribution in [0.1, 0.15) is 67.2 Å². The number of halogens is 2. The van der Waals surface area contributed by atoms with Crippen LogP contribution < -0.4 is 10.6 Å². The molecule has 0 aromatic carbocycles. The van der Waals surface area contributed by atoms with Gasteiger partial charge in [-0.25, -0.2) is 0 Å². The largest absolute Gasteiger partial charge is 0.449 e. The molecule has 3 saturated heterocycles. The molecule has 216 valence electrons. The molecule has 3 rings (SSSR count). The lowest BCUT2D eigenvalue weighted by molar-refractivity contribution is -0.162. The molecule has 10 nitrogen and oxygen atoms in total. The number of nitrogens with one attached hydrogen (secondary N) is 2. The maximum Gasteiger partial charge on any atom is 0.312 e. The summed E-state index contributed by atoms with van der Waals surface area (Å²) < 4.78 is 11.0. The maximum absolute atomic E-state index is 13.4. The van der Waals surface area contributed by atoms with Crippen LogP contribution in [-0.2, 0) is 28.7 Å². The van der Waals surface area contributed by atoms with Gasteiger partial charge in [0.2, 0.25) is 11.8 Å². The summed E-state index contributed by atoms with van der Waals surface area (Å²) in [5, 5.41) is 5.55. The van der Waals surface area contributed by atoms with E-state index in [0.717, 1.165) is 0 Å². The van der Waals surface area contributed by atoms with Gasteiger partial charge < -0.3 is 20.1 Å². The number of likely N-dealkylation sites (tertiary alicyclic amines) is 2. The van der Waals surface area contributed by atoms with Crippen molar-refractivity contribution < 1.29 is 28.7 Å². The van der Waals surface area contributed by atoms with Crippen molar-refractivity contribution in [2.75, 3.05) is 26.6 Å². The standard InChI is InChI=1S/C26H42Cl2N4O6/c1-25(2,3)23(35)37-13-31-11-15(27)7-9-17(31)19-21(33)30-20(22(34)29-19)18-10-8-16(28)12-32(18)14-38-24(36)26(4,5)6/h15-20H,7-14H2,1-6H3,(H,29,34)(H,30,33).